The Balaban J connectivity index is 1.46. The highest BCUT2D eigenvalue weighted by molar-refractivity contribution is 7.87. The van der Waals surface area contributed by atoms with E-state index < -0.39 is 104 Å². The third kappa shape index (κ3) is 11.1. The number of rotatable bonds is 14. The molecule has 336 valence electrons. The lowest BCUT2D eigenvalue weighted by Crippen LogP contribution is -2.39. The molecule has 2 aromatic carbocycles. The number of hydrogen-bond donors (Lipinski definition) is 6. The van der Waals surface area contributed by atoms with Gasteiger partial charge in [0.15, 0.2) is 24.2 Å². The van der Waals surface area contributed by atoms with Gasteiger partial charge < -0.3 is 14.8 Å². The lowest BCUT2D eigenvalue weighted by atomic mass is 9.70. The van der Waals surface area contributed by atoms with E-state index in [-0.39, 0.29) is 59.1 Å². The van der Waals surface area contributed by atoms with Crippen LogP contribution in [0.2, 0.25) is 0 Å². The molecule has 1 fully saturated rings. The first-order valence-electron chi connectivity index (χ1n) is 18.2. The number of imide groups is 1. The van der Waals surface area contributed by atoms with Gasteiger partial charge >= 0.3 is 22.2 Å². The Hall–Kier alpha value is -5.71. The third-order valence-corrected chi connectivity index (χ3v) is 13.4. The highest BCUT2D eigenvalue weighted by Crippen LogP contribution is 2.49. The number of carbonyl (C=O) groups excluding carboxylic acids is 3. The number of aliphatic carboxylic acids is 1. The van der Waals surface area contributed by atoms with Crippen LogP contribution in [0.15, 0.2) is 94.0 Å². The Bertz CT molecular complexity index is 2920. The minimum Gasteiger partial charge on any atom is -0.480 e. The van der Waals surface area contributed by atoms with Gasteiger partial charge in [0.2, 0.25) is 0 Å². The first-order chi connectivity index (χ1) is 29.1. The van der Waals surface area contributed by atoms with Gasteiger partial charge in [0.05, 0.1) is 40.6 Å². The van der Waals surface area contributed by atoms with Crippen molar-refractivity contribution in [2.75, 3.05) is 18.0 Å². The number of amides is 2. The number of carboxylic acid groups (broad SMARTS) is 1. The number of benzene rings is 2. The van der Waals surface area contributed by atoms with Crippen molar-refractivity contribution in [3.8, 4) is 0 Å². The second-order valence-corrected chi connectivity index (χ2v) is 20.7. The molecule has 1 aromatic heterocycles. The smallest absolute Gasteiger partial charge is 0.333 e. The molecular weight excluding hydrogens is 917 g/mol. The highest BCUT2D eigenvalue weighted by Gasteiger charge is 2.49. The van der Waals surface area contributed by atoms with E-state index in [1.807, 2.05) is 4.72 Å². The minimum absolute atomic E-state index is 0.0202. The fourth-order valence-corrected chi connectivity index (χ4v) is 9.55. The second-order valence-electron chi connectivity index (χ2n) is 15.1. The monoisotopic (exact) mass is 953 g/mol. The zero-order valence-electron chi connectivity index (χ0n) is 32.6. The van der Waals surface area contributed by atoms with Gasteiger partial charge in [-0.15, -0.1) is 5.06 Å². The molecule has 26 heteroatoms. The van der Waals surface area contributed by atoms with Gasteiger partial charge in [-0.2, -0.15) is 38.4 Å². The number of fused-ring (bicyclic) bond motifs is 2. The van der Waals surface area contributed by atoms with Gasteiger partial charge in [-0.05, 0) is 64.8 Å². The van der Waals surface area contributed by atoms with Crippen molar-refractivity contribution in [3.05, 3.63) is 101 Å². The number of hydrogen-bond acceptors (Lipinski definition) is 14. The molecule has 3 aliphatic rings. The van der Waals surface area contributed by atoms with Gasteiger partial charge in [0.25, 0.3) is 42.2 Å². The second kappa shape index (κ2) is 17.1. The molecule has 63 heavy (non-hydrogen) atoms. The number of nitrogens with one attached hydrogen (secondary N) is 1. The maximum Gasteiger partial charge on any atom is 0.333 e. The van der Waals surface area contributed by atoms with Crippen molar-refractivity contribution in [1.82, 2.24) is 9.79 Å². The lowest BCUT2D eigenvalue weighted by molar-refractivity contribution is -0.694. The van der Waals surface area contributed by atoms with Gasteiger partial charge in [-0.1, -0.05) is 37.3 Å². The Morgan fingerprint density at radius 3 is 1.92 bits per heavy atom. The zero-order chi connectivity index (χ0) is 46.4. The van der Waals surface area contributed by atoms with Crippen molar-refractivity contribution >= 4 is 87.4 Å². The van der Waals surface area contributed by atoms with Crippen LogP contribution >= 0.6 is 0 Å². The van der Waals surface area contributed by atoms with Crippen molar-refractivity contribution in [3.63, 3.8) is 0 Å². The number of pyridine rings is 1. The lowest BCUT2D eigenvalue weighted by Gasteiger charge is -2.36. The SMILES string of the molecule is CC1(CC(=O)ON2C(=O)CC(S(=O)(=O)O)C2=O)CC(C=C2c3ccc(S(=O)(=O)O)cc3N(CC(=O)O)c3cc(S(=O)(=O)O)ccc32)=CC(=Cc2cc[n+](CCNS(=O)(=O)O)cc2)C1. The van der Waals surface area contributed by atoms with Gasteiger partial charge in [0, 0.05) is 23.3 Å². The third-order valence-electron chi connectivity index (χ3n) is 10.1. The fourth-order valence-electron chi connectivity index (χ4n) is 7.49. The van der Waals surface area contributed by atoms with Crippen molar-refractivity contribution in [2.24, 2.45) is 5.41 Å². The maximum absolute atomic E-state index is 13.5. The number of aromatic nitrogens is 1. The van der Waals surface area contributed by atoms with Gasteiger partial charge in [-0.3, -0.25) is 32.6 Å². The number of allylic oxidation sites excluding steroid dienone is 4. The van der Waals surface area contributed by atoms with E-state index in [1.54, 1.807) is 54.2 Å². The first kappa shape index (κ1) is 46.8. The van der Waals surface area contributed by atoms with Gasteiger partial charge in [0.1, 0.15) is 6.54 Å². The van der Waals surface area contributed by atoms with E-state index in [9.17, 15) is 71.6 Å². The topological polar surface area (TPSA) is 338 Å². The number of hydroxylamine groups is 2. The number of nitrogens with zero attached hydrogens (tertiary/aromatic N) is 3. The highest BCUT2D eigenvalue weighted by atomic mass is 32.2. The maximum atomic E-state index is 13.5. The average molecular weight is 954 g/mol. The van der Waals surface area contributed by atoms with Crippen LogP contribution in [0.1, 0.15) is 49.3 Å². The summed E-state index contributed by atoms with van der Waals surface area (Å²) in [5.41, 5.74) is 1.03. The van der Waals surface area contributed by atoms with E-state index in [2.05, 4.69) is 0 Å². The molecule has 0 radical (unpaired) electrons. The van der Waals surface area contributed by atoms with E-state index >= 15 is 0 Å². The molecule has 6 N–H and O–H groups in total. The van der Waals surface area contributed by atoms with E-state index in [0.29, 0.717) is 16.7 Å². The van der Waals surface area contributed by atoms with E-state index in [4.69, 9.17) is 9.39 Å². The average Bonchev–Trinajstić information content (AvgIpc) is 3.43. The number of carbonyl (C=O) groups is 4. The summed E-state index contributed by atoms with van der Waals surface area (Å²) in [6.45, 7) is 0.843. The van der Waals surface area contributed by atoms with Crippen molar-refractivity contribution < 1.29 is 85.6 Å². The van der Waals surface area contributed by atoms with Crippen LogP contribution in [0.4, 0.5) is 11.4 Å². The fraction of sp³-hybridized carbons (Fsp3) is 0.270. The summed E-state index contributed by atoms with van der Waals surface area (Å²) in [7, 11) is -19.2. The predicted molar refractivity (Wildman–Crippen MR) is 216 cm³/mol. The van der Waals surface area contributed by atoms with Crippen LogP contribution < -0.4 is 14.2 Å². The van der Waals surface area contributed by atoms with Crippen LogP contribution in [0, 0.1) is 5.41 Å². The summed E-state index contributed by atoms with van der Waals surface area (Å²) in [6.07, 6.45) is 7.03. The summed E-state index contributed by atoms with van der Waals surface area (Å²) in [5.74, 6) is -5.21. The Morgan fingerprint density at radius 2 is 1.43 bits per heavy atom. The van der Waals surface area contributed by atoms with Crippen LogP contribution in [0.5, 0.6) is 0 Å². The molecule has 22 nitrogen and oxygen atoms in total. The summed E-state index contributed by atoms with van der Waals surface area (Å²) in [4.78, 5) is 55.6. The Labute approximate surface area is 359 Å². The summed E-state index contributed by atoms with van der Waals surface area (Å²) < 4.78 is 136. The van der Waals surface area contributed by atoms with E-state index in [1.165, 1.54) is 12.1 Å². The summed E-state index contributed by atoms with van der Waals surface area (Å²) in [5, 5.41) is 7.68. The molecule has 1 aliphatic carbocycles. The normalized spacial score (nSPS) is 20.0. The standard InChI is InChI=1S/C37H36N4O18S4/c1-37(20-35(45)59-41-33(42)17-32(36(41)46)62(53,54)55)18-23(12-22-6-9-39(10-7-22)11-8-38-63(56,57)58)13-24(19-37)14-29-27-4-2-25(60(47,48)49)15-30(27)40(21-34(43)44)31-16-26(61(50,51)52)3-5-28(29)31/h2-7,9-10,12-16,32,38H,8,11,17-21H2,1H3,(H4-,43,44,47,48,49,50,51,52,53,54,55,56,57,58)/p+1. The number of anilines is 2. The Morgan fingerprint density at radius 1 is 0.857 bits per heavy atom. The largest absolute Gasteiger partial charge is 0.480 e. The zero-order valence-corrected chi connectivity index (χ0v) is 35.8. The molecule has 2 unspecified atom stereocenters. The molecule has 0 spiro atoms. The predicted octanol–water partition coefficient (Wildman–Crippen LogP) is 1.50. The molecule has 1 saturated heterocycles. The van der Waals surface area contributed by atoms with Crippen LogP contribution in [0.3, 0.4) is 0 Å². The molecule has 6 rings (SSSR count). The van der Waals surface area contributed by atoms with Crippen LogP contribution in [-0.2, 0) is 71.2 Å². The molecule has 0 bridgehead atoms. The van der Waals surface area contributed by atoms with Gasteiger partial charge in [-0.25, -0.2) is 9.36 Å². The van der Waals surface area contributed by atoms with Crippen LogP contribution in [-0.4, -0.2) is 104 Å². The van der Waals surface area contributed by atoms with E-state index in [0.717, 1.165) is 29.2 Å². The molecule has 2 amide bonds. The molecule has 0 saturated carbocycles. The quantitative estimate of drug-likeness (QED) is 0.0757. The molecule has 3 aromatic rings. The summed E-state index contributed by atoms with van der Waals surface area (Å²) in [6, 6.07) is 10.0. The summed E-state index contributed by atoms with van der Waals surface area (Å²) >= 11 is 0. The molecule has 2 atom stereocenters. The number of carboxylic acids is 1. The minimum atomic E-state index is -5.02. The van der Waals surface area contributed by atoms with Crippen molar-refractivity contribution in [1.29, 1.82) is 0 Å². The Kier molecular flexibility index (Phi) is 12.7. The first-order valence-corrected chi connectivity index (χ1v) is 24.0. The molecular formula is C37H37N4O18S4+. The van der Waals surface area contributed by atoms with Crippen LogP contribution in [0.25, 0.3) is 11.6 Å². The molecule has 3 heterocycles. The van der Waals surface area contributed by atoms with Crippen molar-refractivity contribution in [2.45, 2.75) is 54.2 Å². The molecule has 2 aliphatic heterocycles.